The van der Waals surface area contributed by atoms with E-state index in [-0.39, 0.29) is 18.7 Å². The number of fused-ring (bicyclic) bond motifs is 2. The van der Waals surface area contributed by atoms with Crippen LogP contribution in [0.3, 0.4) is 0 Å². The number of nitrogens with one attached hydrogen (secondary N) is 3. The van der Waals surface area contributed by atoms with Crippen molar-refractivity contribution in [1.82, 2.24) is 29.8 Å². The van der Waals surface area contributed by atoms with Gasteiger partial charge in [0, 0.05) is 25.1 Å². The Morgan fingerprint density at radius 1 is 1.34 bits per heavy atom. The Balaban J connectivity index is 1.28. The lowest BCUT2D eigenvalue weighted by atomic mass is 10.1. The van der Waals surface area contributed by atoms with E-state index in [4.69, 9.17) is 4.99 Å². The van der Waals surface area contributed by atoms with E-state index >= 15 is 0 Å². The zero-order valence-electron chi connectivity index (χ0n) is 15.5. The second-order valence-electron chi connectivity index (χ2n) is 6.71. The molecule has 2 aromatic heterocycles. The number of hydrazine groups is 1. The number of H-pyrrole nitrogens is 1. The molecule has 2 aromatic rings. The average molecular weight is 395 g/mol. The van der Waals surface area contributed by atoms with Crippen LogP contribution < -0.4 is 15.6 Å². The van der Waals surface area contributed by atoms with E-state index in [0.29, 0.717) is 25.8 Å². The van der Waals surface area contributed by atoms with Crippen LogP contribution in [0.15, 0.2) is 46.0 Å². The molecule has 0 aliphatic carbocycles. The first-order valence-corrected chi connectivity index (χ1v) is 9.29. The fourth-order valence-electron chi connectivity index (χ4n) is 3.51. The lowest BCUT2D eigenvalue weighted by Crippen LogP contribution is -2.46. The number of nitrogens with zero attached hydrogens (tertiary/aromatic N) is 8. The molecule has 4 N–H and O–H groups in total. The molecule has 5 rings (SSSR count). The van der Waals surface area contributed by atoms with Crippen molar-refractivity contribution in [1.29, 1.82) is 0 Å². The highest BCUT2D eigenvalue weighted by Crippen LogP contribution is 2.26. The lowest BCUT2D eigenvalue weighted by molar-refractivity contribution is 0.274. The predicted molar refractivity (Wildman–Crippen MR) is 109 cm³/mol. The van der Waals surface area contributed by atoms with Gasteiger partial charge in [-0.1, -0.05) is 6.08 Å². The first kappa shape index (κ1) is 17.4. The maximum absolute atomic E-state index is 9.19. The molecule has 12 nitrogen and oxygen atoms in total. The molecule has 3 aliphatic heterocycles. The zero-order valence-corrected chi connectivity index (χ0v) is 15.5. The van der Waals surface area contributed by atoms with Gasteiger partial charge >= 0.3 is 0 Å². The van der Waals surface area contributed by atoms with Gasteiger partial charge in [-0.3, -0.25) is 20.4 Å². The summed E-state index contributed by atoms with van der Waals surface area (Å²) in [5.41, 5.74) is 4.15. The van der Waals surface area contributed by atoms with E-state index in [0.717, 1.165) is 17.3 Å². The molecule has 150 valence electrons. The highest BCUT2D eigenvalue weighted by atomic mass is 16.3. The van der Waals surface area contributed by atoms with Crippen LogP contribution in [0.5, 0.6) is 0 Å². The van der Waals surface area contributed by atoms with Crippen molar-refractivity contribution in [2.75, 3.05) is 30.3 Å². The molecule has 0 aromatic carbocycles. The lowest BCUT2D eigenvalue weighted by Gasteiger charge is -2.30. The number of amidine groups is 1. The van der Waals surface area contributed by atoms with Crippen LogP contribution in [0.4, 0.5) is 11.8 Å². The van der Waals surface area contributed by atoms with Crippen molar-refractivity contribution >= 4 is 30.2 Å². The third-order valence-electron chi connectivity index (χ3n) is 4.93. The largest absolute Gasteiger partial charge is 0.395 e. The molecule has 12 heteroatoms. The number of anilines is 2. The Morgan fingerprint density at radius 3 is 3.24 bits per heavy atom. The summed E-state index contributed by atoms with van der Waals surface area (Å²) in [4.78, 5) is 27.4. The van der Waals surface area contributed by atoms with Gasteiger partial charge in [0.25, 0.3) is 0 Å². The molecular formula is C17H21N11O. The normalized spacial score (nSPS) is 23.4. The van der Waals surface area contributed by atoms with E-state index in [1.807, 2.05) is 32.9 Å². The summed E-state index contributed by atoms with van der Waals surface area (Å²) >= 11 is 0. The predicted octanol–water partition coefficient (Wildman–Crippen LogP) is -0.419. The molecule has 0 saturated carbocycles. The Bertz CT molecular complexity index is 987. The summed E-state index contributed by atoms with van der Waals surface area (Å²) in [5, 5.41) is 14.2. The van der Waals surface area contributed by atoms with Gasteiger partial charge in [-0.2, -0.15) is 0 Å². The van der Waals surface area contributed by atoms with Crippen molar-refractivity contribution < 1.29 is 5.11 Å². The maximum Gasteiger partial charge on any atom is 0.222 e. The van der Waals surface area contributed by atoms with Gasteiger partial charge in [-0.05, 0) is 0 Å². The van der Waals surface area contributed by atoms with E-state index in [2.05, 4.69) is 35.7 Å². The molecular weight excluding hydrogens is 374 g/mol. The molecule has 0 saturated heterocycles. The number of aliphatic imine (C=N–C) groups is 3. The second kappa shape index (κ2) is 7.39. The molecule has 0 fully saturated rings. The van der Waals surface area contributed by atoms with Crippen LogP contribution in [0, 0.1) is 5.92 Å². The zero-order chi connectivity index (χ0) is 19.6. The molecule has 29 heavy (non-hydrogen) atoms. The Kier molecular flexibility index (Phi) is 4.44. The summed E-state index contributed by atoms with van der Waals surface area (Å²) in [6.07, 6.45) is 12.4. The Morgan fingerprint density at radius 2 is 2.31 bits per heavy atom. The summed E-state index contributed by atoms with van der Waals surface area (Å²) in [7, 11) is 0. The molecule has 2 atom stereocenters. The summed E-state index contributed by atoms with van der Waals surface area (Å²) in [6, 6.07) is 0. The standard InChI is InChI=1S/C17H21N11O/c29-6-5-26-4-2-19-17(26)25-28-3-1-12-14(21-9-22-15(12)28)24-11-27-10-18-7-13-16(27)23-8-20-13/h1-4,7-9,12,15,29H,5-6,10-11H2,(H,19,25)(H,20,23)(H,21,22,24). The first-order valence-electron chi connectivity index (χ1n) is 9.29. The number of hydrogen-bond donors (Lipinski definition) is 4. The summed E-state index contributed by atoms with van der Waals surface area (Å²) in [6.45, 7) is 1.48. The quantitative estimate of drug-likeness (QED) is 0.522. The fraction of sp³-hybridized carbons (Fsp3) is 0.353. The van der Waals surface area contributed by atoms with E-state index in [1.165, 1.54) is 0 Å². The van der Waals surface area contributed by atoms with E-state index in [1.54, 1.807) is 25.1 Å². The van der Waals surface area contributed by atoms with Gasteiger partial charge < -0.3 is 24.9 Å². The van der Waals surface area contributed by atoms with Crippen LogP contribution in [0.2, 0.25) is 0 Å². The topological polar surface area (TPSA) is 134 Å². The van der Waals surface area contributed by atoms with Crippen LogP contribution in [0.1, 0.15) is 5.69 Å². The number of rotatable bonds is 6. The number of aliphatic hydroxyl groups excluding tert-OH is 1. The minimum Gasteiger partial charge on any atom is -0.395 e. The number of aromatic amines is 1. The first-order chi connectivity index (χ1) is 14.3. The Hall–Kier alpha value is -3.67. The van der Waals surface area contributed by atoms with Crippen molar-refractivity contribution in [2.45, 2.75) is 12.7 Å². The number of aromatic nitrogens is 4. The van der Waals surface area contributed by atoms with Crippen molar-refractivity contribution in [3.63, 3.8) is 0 Å². The summed E-state index contributed by atoms with van der Waals surface area (Å²) in [5.74, 6) is 2.32. The van der Waals surface area contributed by atoms with Crippen molar-refractivity contribution in [3.8, 4) is 0 Å². The molecule has 5 heterocycles. The van der Waals surface area contributed by atoms with E-state index in [9.17, 15) is 5.11 Å². The van der Waals surface area contributed by atoms with Gasteiger partial charge in [0.2, 0.25) is 5.95 Å². The SMILES string of the molecule is OCCn1ccnc1NN1C=CC2/C(=N/CN3CN=Cc4[nH]cnc43)NC=NC21. The minimum atomic E-state index is -0.172. The van der Waals surface area contributed by atoms with Crippen LogP contribution in [-0.2, 0) is 6.54 Å². The third-order valence-corrected chi connectivity index (χ3v) is 4.93. The highest BCUT2D eigenvalue weighted by molar-refractivity contribution is 5.97. The number of hydrogen-bond acceptors (Lipinski definition) is 9. The Labute approximate surface area is 166 Å². The second-order valence-corrected chi connectivity index (χ2v) is 6.71. The van der Waals surface area contributed by atoms with E-state index < -0.39 is 0 Å². The molecule has 0 spiro atoms. The van der Waals surface area contributed by atoms with Gasteiger partial charge in [-0.15, -0.1) is 0 Å². The van der Waals surface area contributed by atoms with Gasteiger partial charge in [0.05, 0.1) is 31.4 Å². The molecule has 2 unspecified atom stereocenters. The smallest absolute Gasteiger partial charge is 0.222 e. The number of imidazole rings is 2. The van der Waals surface area contributed by atoms with Crippen LogP contribution in [0.25, 0.3) is 0 Å². The minimum absolute atomic E-state index is 0.0132. The highest BCUT2D eigenvalue weighted by Gasteiger charge is 2.35. The monoisotopic (exact) mass is 395 g/mol. The van der Waals surface area contributed by atoms with Gasteiger partial charge in [-0.25, -0.2) is 15.0 Å². The summed E-state index contributed by atoms with van der Waals surface area (Å²) < 4.78 is 1.85. The average Bonchev–Trinajstić information content (AvgIpc) is 3.48. The fourth-order valence-corrected chi connectivity index (χ4v) is 3.51. The molecule has 0 amide bonds. The van der Waals surface area contributed by atoms with Gasteiger partial charge in [0.15, 0.2) is 12.0 Å². The third kappa shape index (κ3) is 3.23. The molecule has 3 aliphatic rings. The van der Waals surface area contributed by atoms with Crippen molar-refractivity contribution in [2.24, 2.45) is 20.9 Å². The van der Waals surface area contributed by atoms with Crippen molar-refractivity contribution in [3.05, 3.63) is 36.7 Å². The maximum atomic E-state index is 9.19. The van der Waals surface area contributed by atoms with Crippen LogP contribution >= 0.6 is 0 Å². The van der Waals surface area contributed by atoms with Crippen LogP contribution in [-0.4, -0.2) is 74.1 Å². The number of aliphatic hydroxyl groups is 1. The van der Waals surface area contributed by atoms with Gasteiger partial charge in [0.1, 0.15) is 24.9 Å². The molecule has 0 radical (unpaired) electrons. The molecule has 0 bridgehead atoms.